The molecule has 0 saturated heterocycles. The number of likely N-dealkylation sites (N-methyl/N-ethyl adjacent to an activating group) is 1. The third kappa shape index (κ3) is 1.46. The van der Waals surface area contributed by atoms with E-state index in [1.54, 1.807) is 13.2 Å². The quantitative estimate of drug-likeness (QED) is 0.802. The third-order valence-electron chi connectivity index (χ3n) is 2.95. The second-order valence-electron chi connectivity index (χ2n) is 4.34. The van der Waals surface area contributed by atoms with Crippen molar-refractivity contribution in [3.8, 4) is 0 Å². The van der Waals surface area contributed by atoms with Crippen molar-refractivity contribution >= 4 is 16.8 Å². The first-order valence-electron chi connectivity index (χ1n) is 5.22. The molecule has 1 aromatic heterocycles. The third-order valence-corrected chi connectivity index (χ3v) is 2.95. The number of aromatic amines is 1. The van der Waals surface area contributed by atoms with Gasteiger partial charge >= 0.3 is 0 Å². The van der Waals surface area contributed by atoms with Gasteiger partial charge in [-0.2, -0.15) is 5.10 Å². The molecular formula is C12H15N3O. The molecule has 0 radical (unpaired) electrons. The van der Waals surface area contributed by atoms with Crippen LogP contribution in [0.5, 0.6) is 0 Å². The SMILES string of the molecule is CNC(=O)C(C)(C)c1cccc2[nH]ncc12. The summed E-state index contributed by atoms with van der Waals surface area (Å²) in [5, 5.41) is 10.6. The van der Waals surface area contributed by atoms with Gasteiger partial charge in [0, 0.05) is 12.4 Å². The van der Waals surface area contributed by atoms with E-state index in [-0.39, 0.29) is 5.91 Å². The lowest BCUT2D eigenvalue weighted by Gasteiger charge is -2.23. The van der Waals surface area contributed by atoms with Crippen molar-refractivity contribution in [3.63, 3.8) is 0 Å². The fourth-order valence-corrected chi connectivity index (χ4v) is 1.95. The number of fused-ring (bicyclic) bond motifs is 1. The highest BCUT2D eigenvalue weighted by Gasteiger charge is 2.30. The summed E-state index contributed by atoms with van der Waals surface area (Å²) >= 11 is 0. The van der Waals surface area contributed by atoms with E-state index < -0.39 is 5.41 Å². The lowest BCUT2D eigenvalue weighted by Crippen LogP contribution is -2.38. The lowest BCUT2D eigenvalue weighted by molar-refractivity contribution is -0.125. The molecule has 0 aliphatic carbocycles. The van der Waals surface area contributed by atoms with Crippen LogP contribution in [0.4, 0.5) is 0 Å². The fourth-order valence-electron chi connectivity index (χ4n) is 1.95. The molecule has 0 saturated carbocycles. The Labute approximate surface area is 94.0 Å². The van der Waals surface area contributed by atoms with Gasteiger partial charge in [-0.15, -0.1) is 0 Å². The average Bonchev–Trinajstić information content (AvgIpc) is 2.75. The maximum atomic E-state index is 11.9. The summed E-state index contributed by atoms with van der Waals surface area (Å²) in [4.78, 5) is 11.9. The molecule has 0 unspecified atom stereocenters. The number of nitrogens with one attached hydrogen (secondary N) is 2. The normalized spacial score (nSPS) is 11.7. The fraction of sp³-hybridized carbons (Fsp3) is 0.333. The van der Waals surface area contributed by atoms with Crippen LogP contribution >= 0.6 is 0 Å². The Kier molecular flexibility index (Phi) is 2.42. The Hall–Kier alpha value is -1.84. The van der Waals surface area contributed by atoms with E-state index in [1.807, 2.05) is 32.0 Å². The second kappa shape index (κ2) is 3.63. The van der Waals surface area contributed by atoms with Crippen LogP contribution in [0.3, 0.4) is 0 Å². The Balaban J connectivity index is 2.62. The minimum Gasteiger partial charge on any atom is -0.358 e. The van der Waals surface area contributed by atoms with Crippen LogP contribution in [0.2, 0.25) is 0 Å². The zero-order valence-corrected chi connectivity index (χ0v) is 9.66. The maximum Gasteiger partial charge on any atom is 0.229 e. The van der Waals surface area contributed by atoms with Crippen molar-refractivity contribution in [2.45, 2.75) is 19.3 Å². The van der Waals surface area contributed by atoms with Gasteiger partial charge in [-0.1, -0.05) is 12.1 Å². The molecule has 2 rings (SSSR count). The van der Waals surface area contributed by atoms with Crippen LogP contribution in [0, 0.1) is 0 Å². The zero-order chi connectivity index (χ0) is 11.8. The summed E-state index contributed by atoms with van der Waals surface area (Å²) in [6.07, 6.45) is 1.76. The van der Waals surface area contributed by atoms with E-state index >= 15 is 0 Å². The minimum absolute atomic E-state index is 0.00111. The molecule has 4 nitrogen and oxygen atoms in total. The first-order chi connectivity index (χ1) is 7.57. The molecule has 0 fully saturated rings. The highest BCUT2D eigenvalue weighted by molar-refractivity contribution is 5.93. The molecular weight excluding hydrogens is 202 g/mol. The number of hydrogen-bond acceptors (Lipinski definition) is 2. The number of carbonyl (C=O) groups excluding carboxylic acids is 1. The second-order valence-corrected chi connectivity index (χ2v) is 4.34. The molecule has 0 aliphatic heterocycles. The van der Waals surface area contributed by atoms with Crippen LogP contribution in [0.1, 0.15) is 19.4 Å². The monoisotopic (exact) mass is 217 g/mol. The molecule has 2 N–H and O–H groups in total. The Morgan fingerprint density at radius 3 is 2.88 bits per heavy atom. The van der Waals surface area contributed by atoms with Gasteiger partial charge in [0.25, 0.3) is 0 Å². The number of hydrogen-bond donors (Lipinski definition) is 2. The predicted molar refractivity (Wildman–Crippen MR) is 63.2 cm³/mol. The number of carbonyl (C=O) groups is 1. The van der Waals surface area contributed by atoms with Gasteiger partial charge in [-0.25, -0.2) is 0 Å². The molecule has 1 amide bonds. The van der Waals surface area contributed by atoms with E-state index in [1.165, 1.54) is 0 Å². The van der Waals surface area contributed by atoms with E-state index in [0.29, 0.717) is 0 Å². The van der Waals surface area contributed by atoms with Crippen molar-refractivity contribution in [2.75, 3.05) is 7.05 Å². The molecule has 0 atom stereocenters. The zero-order valence-electron chi connectivity index (χ0n) is 9.66. The molecule has 4 heteroatoms. The molecule has 0 aliphatic rings. The van der Waals surface area contributed by atoms with Crippen molar-refractivity contribution in [3.05, 3.63) is 30.0 Å². The summed E-state index contributed by atoms with van der Waals surface area (Å²) in [5.74, 6) is 0.00111. The highest BCUT2D eigenvalue weighted by atomic mass is 16.2. The number of rotatable bonds is 2. The largest absolute Gasteiger partial charge is 0.358 e. The number of H-pyrrole nitrogens is 1. The van der Waals surface area contributed by atoms with Gasteiger partial charge in [0.1, 0.15) is 0 Å². The smallest absolute Gasteiger partial charge is 0.229 e. The van der Waals surface area contributed by atoms with Crippen LogP contribution in [0.15, 0.2) is 24.4 Å². The van der Waals surface area contributed by atoms with E-state index in [4.69, 9.17) is 0 Å². The van der Waals surface area contributed by atoms with Crippen molar-refractivity contribution in [1.82, 2.24) is 15.5 Å². The van der Waals surface area contributed by atoms with E-state index in [0.717, 1.165) is 16.5 Å². The topological polar surface area (TPSA) is 57.8 Å². The summed E-state index contributed by atoms with van der Waals surface area (Å²) in [6, 6.07) is 5.85. The van der Waals surface area contributed by atoms with Crippen LogP contribution in [0.25, 0.3) is 10.9 Å². The Morgan fingerprint density at radius 2 is 2.19 bits per heavy atom. The number of nitrogens with zero attached hydrogens (tertiary/aromatic N) is 1. The molecule has 84 valence electrons. The molecule has 0 spiro atoms. The number of aromatic nitrogens is 2. The average molecular weight is 217 g/mol. The predicted octanol–water partition coefficient (Wildman–Crippen LogP) is 1.59. The molecule has 1 heterocycles. The van der Waals surface area contributed by atoms with Gasteiger partial charge < -0.3 is 5.32 Å². The van der Waals surface area contributed by atoms with E-state index in [9.17, 15) is 4.79 Å². The van der Waals surface area contributed by atoms with Crippen molar-refractivity contribution in [2.24, 2.45) is 0 Å². The molecule has 0 bridgehead atoms. The van der Waals surface area contributed by atoms with E-state index in [2.05, 4.69) is 15.5 Å². The molecule has 2 aromatic rings. The molecule has 1 aromatic carbocycles. The lowest BCUT2D eigenvalue weighted by atomic mass is 9.82. The Bertz CT molecular complexity index is 528. The molecule has 16 heavy (non-hydrogen) atoms. The van der Waals surface area contributed by atoms with Crippen LogP contribution in [-0.2, 0) is 10.2 Å². The van der Waals surface area contributed by atoms with Crippen molar-refractivity contribution in [1.29, 1.82) is 0 Å². The van der Waals surface area contributed by atoms with Gasteiger partial charge in [-0.05, 0) is 25.5 Å². The standard InChI is InChI=1S/C12H15N3O/c1-12(2,11(16)13-3)9-5-4-6-10-8(9)7-14-15-10/h4-7H,1-3H3,(H,13,16)(H,14,15). The summed E-state index contributed by atoms with van der Waals surface area (Å²) in [6.45, 7) is 3.82. The first kappa shape index (κ1) is 10.7. The Morgan fingerprint density at radius 1 is 1.44 bits per heavy atom. The number of benzene rings is 1. The summed E-state index contributed by atoms with van der Waals surface area (Å²) in [5.41, 5.74) is 1.38. The van der Waals surface area contributed by atoms with Gasteiger partial charge in [0.2, 0.25) is 5.91 Å². The van der Waals surface area contributed by atoms with Gasteiger partial charge in [0.05, 0.1) is 17.1 Å². The summed E-state index contributed by atoms with van der Waals surface area (Å²) in [7, 11) is 1.65. The van der Waals surface area contributed by atoms with Crippen LogP contribution < -0.4 is 5.32 Å². The van der Waals surface area contributed by atoms with Crippen LogP contribution in [-0.4, -0.2) is 23.2 Å². The number of amides is 1. The van der Waals surface area contributed by atoms with Crippen molar-refractivity contribution < 1.29 is 4.79 Å². The van der Waals surface area contributed by atoms with Gasteiger partial charge in [-0.3, -0.25) is 9.89 Å². The highest BCUT2D eigenvalue weighted by Crippen LogP contribution is 2.29. The summed E-state index contributed by atoms with van der Waals surface area (Å²) < 4.78 is 0. The maximum absolute atomic E-state index is 11.9. The van der Waals surface area contributed by atoms with Gasteiger partial charge in [0.15, 0.2) is 0 Å². The minimum atomic E-state index is -0.557. The first-order valence-corrected chi connectivity index (χ1v) is 5.22.